The third kappa shape index (κ3) is 5.77. The maximum Gasteiger partial charge on any atom is 0.311 e. The molecule has 0 bridgehead atoms. The Morgan fingerprint density at radius 1 is 1.46 bits per heavy atom. The number of ether oxygens (including phenoxy) is 1. The number of amides is 1. The van der Waals surface area contributed by atoms with E-state index in [0.717, 1.165) is 10.8 Å². The second-order valence-electron chi connectivity index (χ2n) is 6.22. The van der Waals surface area contributed by atoms with Gasteiger partial charge in [0.15, 0.2) is 4.34 Å². The normalized spacial score (nSPS) is 22.0. The molecular weight excluding hydrogens is 344 g/mol. The van der Waals surface area contributed by atoms with Crippen LogP contribution in [0.3, 0.4) is 0 Å². The number of hydrogen-bond acceptors (Lipinski definition) is 6. The first-order valence-corrected chi connectivity index (χ1v) is 10.3. The number of carbonyl (C=O) groups is 2. The van der Waals surface area contributed by atoms with E-state index < -0.39 is 0 Å². The highest BCUT2D eigenvalue weighted by molar-refractivity contribution is 8.02. The van der Waals surface area contributed by atoms with Crippen LogP contribution in [0.5, 0.6) is 0 Å². The van der Waals surface area contributed by atoms with Gasteiger partial charge in [-0.1, -0.05) is 31.5 Å². The lowest BCUT2D eigenvalue weighted by molar-refractivity contribution is -0.142. The fourth-order valence-corrected chi connectivity index (χ4v) is 4.81. The fraction of sp³-hybridized carbons (Fsp3) is 0.706. The van der Waals surface area contributed by atoms with Crippen LogP contribution in [0.15, 0.2) is 9.72 Å². The van der Waals surface area contributed by atoms with Crippen LogP contribution >= 0.6 is 23.1 Å². The maximum atomic E-state index is 12.4. The summed E-state index contributed by atoms with van der Waals surface area (Å²) >= 11 is 2.91. The predicted molar refractivity (Wildman–Crippen MR) is 97.3 cm³/mol. The Bertz CT molecular complexity index is 562. The molecule has 2 rings (SSSR count). The highest BCUT2D eigenvalue weighted by Crippen LogP contribution is 2.28. The van der Waals surface area contributed by atoms with Gasteiger partial charge in [-0.15, -0.1) is 11.3 Å². The van der Waals surface area contributed by atoms with Crippen molar-refractivity contribution >= 4 is 35.0 Å². The SMILES string of the molecule is CCOC(=O)Cc1csc(S[C@@H](C)C(=O)N[C@@H]2CCCC[C@@H]2C)n1. The fourth-order valence-electron chi connectivity index (χ4n) is 2.82. The first-order valence-electron chi connectivity index (χ1n) is 8.56. The summed E-state index contributed by atoms with van der Waals surface area (Å²) in [7, 11) is 0. The maximum absolute atomic E-state index is 12.4. The summed E-state index contributed by atoms with van der Waals surface area (Å²) in [4.78, 5) is 28.3. The van der Waals surface area contributed by atoms with E-state index in [1.54, 1.807) is 6.92 Å². The van der Waals surface area contributed by atoms with Crippen molar-refractivity contribution < 1.29 is 14.3 Å². The van der Waals surface area contributed by atoms with E-state index in [4.69, 9.17) is 4.74 Å². The van der Waals surface area contributed by atoms with Gasteiger partial charge in [-0.3, -0.25) is 9.59 Å². The van der Waals surface area contributed by atoms with E-state index in [0.29, 0.717) is 24.3 Å². The lowest BCUT2D eigenvalue weighted by Gasteiger charge is -2.30. The highest BCUT2D eigenvalue weighted by atomic mass is 32.2. The van der Waals surface area contributed by atoms with Crippen LogP contribution in [-0.4, -0.2) is 34.8 Å². The molecule has 5 nitrogen and oxygen atoms in total. The number of rotatable bonds is 7. The van der Waals surface area contributed by atoms with Crippen molar-refractivity contribution in [3.8, 4) is 0 Å². The summed E-state index contributed by atoms with van der Waals surface area (Å²) in [5.74, 6) is 0.355. The monoisotopic (exact) mass is 370 g/mol. The van der Waals surface area contributed by atoms with Gasteiger partial charge in [-0.2, -0.15) is 0 Å². The van der Waals surface area contributed by atoms with Crippen molar-refractivity contribution in [1.82, 2.24) is 10.3 Å². The van der Waals surface area contributed by atoms with Crippen molar-refractivity contribution in [1.29, 1.82) is 0 Å². The standard InChI is InChI=1S/C17H26N2O3S2/c1-4-22-15(20)9-13-10-23-17(18-13)24-12(3)16(21)19-14-8-6-5-7-11(14)2/h10-12,14H,4-9H2,1-3H3,(H,19,21)/t11-,12-,14+/m0/s1. The molecule has 1 amide bonds. The summed E-state index contributed by atoms with van der Waals surface area (Å²) in [6.07, 6.45) is 4.91. The minimum absolute atomic E-state index is 0.0703. The summed E-state index contributed by atoms with van der Waals surface area (Å²) in [6, 6.07) is 0.296. The molecule has 1 aliphatic carbocycles. The Kier molecular flexibility index (Phi) is 7.55. The number of nitrogens with zero attached hydrogens (tertiary/aromatic N) is 1. The van der Waals surface area contributed by atoms with Crippen LogP contribution in [0.2, 0.25) is 0 Å². The molecule has 1 N–H and O–H groups in total. The highest BCUT2D eigenvalue weighted by Gasteiger charge is 2.25. The van der Waals surface area contributed by atoms with Crippen molar-refractivity contribution in [2.24, 2.45) is 5.92 Å². The summed E-state index contributed by atoms with van der Waals surface area (Å²) in [5.41, 5.74) is 0.703. The molecule has 1 aromatic rings. The topological polar surface area (TPSA) is 68.3 Å². The van der Waals surface area contributed by atoms with Crippen molar-refractivity contribution in [3.63, 3.8) is 0 Å². The third-order valence-corrected chi connectivity index (χ3v) is 6.37. The van der Waals surface area contributed by atoms with Crippen molar-refractivity contribution in [3.05, 3.63) is 11.1 Å². The molecular formula is C17H26N2O3S2. The number of aromatic nitrogens is 1. The van der Waals surface area contributed by atoms with Crippen molar-refractivity contribution in [2.45, 2.75) is 68.5 Å². The molecule has 1 aromatic heterocycles. The molecule has 0 aliphatic heterocycles. The van der Waals surface area contributed by atoms with E-state index in [-0.39, 0.29) is 23.5 Å². The summed E-state index contributed by atoms with van der Waals surface area (Å²) in [5, 5.41) is 4.85. The van der Waals surface area contributed by atoms with E-state index >= 15 is 0 Å². The zero-order chi connectivity index (χ0) is 17.5. The molecule has 0 radical (unpaired) electrons. The Labute approximate surface area is 152 Å². The number of nitrogens with one attached hydrogen (secondary N) is 1. The number of thiazole rings is 1. The zero-order valence-corrected chi connectivity index (χ0v) is 16.2. The van der Waals surface area contributed by atoms with E-state index in [9.17, 15) is 9.59 Å². The Morgan fingerprint density at radius 3 is 2.92 bits per heavy atom. The van der Waals surface area contributed by atoms with Crippen LogP contribution in [0.25, 0.3) is 0 Å². The van der Waals surface area contributed by atoms with Gasteiger partial charge in [0.2, 0.25) is 5.91 Å². The van der Waals surface area contributed by atoms with Gasteiger partial charge in [0, 0.05) is 11.4 Å². The van der Waals surface area contributed by atoms with Crippen LogP contribution in [-0.2, 0) is 20.7 Å². The number of thioether (sulfide) groups is 1. The van der Waals surface area contributed by atoms with Crippen LogP contribution < -0.4 is 5.32 Å². The van der Waals surface area contributed by atoms with Crippen LogP contribution in [0, 0.1) is 5.92 Å². The molecule has 0 unspecified atom stereocenters. The average molecular weight is 371 g/mol. The Morgan fingerprint density at radius 2 is 2.21 bits per heavy atom. The van der Waals surface area contributed by atoms with Gasteiger partial charge in [0.05, 0.1) is 24.0 Å². The first kappa shape index (κ1) is 19.2. The molecule has 1 aliphatic rings. The van der Waals surface area contributed by atoms with Crippen LogP contribution in [0.1, 0.15) is 52.1 Å². The molecule has 24 heavy (non-hydrogen) atoms. The molecule has 0 aromatic carbocycles. The summed E-state index contributed by atoms with van der Waals surface area (Å²) in [6.45, 7) is 6.28. The summed E-state index contributed by atoms with van der Waals surface area (Å²) < 4.78 is 5.74. The van der Waals surface area contributed by atoms with E-state index in [1.807, 2.05) is 12.3 Å². The molecule has 1 fully saturated rings. The van der Waals surface area contributed by atoms with Gasteiger partial charge in [0.25, 0.3) is 0 Å². The molecule has 134 valence electrons. The first-order chi connectivity index (χ1) is 11.5. The number of carbonyl (C=O) groups excluding carboxylic acids is 2. The van der Waals surface area contributed by atoms with Gasteiger partial charge in [-0.25, -0.2) is 4.98 Å². The van der Waals surface area contributed by atoms with Gasteiger partial charge in [0.1, 0.15) is 0 Å². The molecule has 1 saturated carbocycles. The third-order valence-electron chi connectivity index (χ3n) is 4.25. The average Bonchev–Trinajstić information content (AvgIpc) is 2.96. The van der Waals surface area contributed by atoms with Crippen LogP contribution in [0.4, 0.5) is 0 Å². The Balaban J connectivity index is 1.82. The smallest absolute Gasteiger partial charge is 0.311 e. The largest absolute Gasteiger partial charge is 0.466 e. The second-order valence-corrected chi connectivity index (χ2v) is 8.67. The van der Waals surface area contributed by atoms with Crippen molar-refractivity contribution in [2.75, 3.05) is 6.61 Å². The molecule has 0 saturated heterocycles. The Hall–Kier alpha value is -1.08. The lowest BCUT2D eigenvalue weighted by Crippen LogP contribution is -2.44. The predicted octanol–water partition coefficient (Wildman–Crippen LogP) is 3.42. The molecule has 0 spiro atoms. The minimum atomic E-state index is -0.267. The number of esters is 1. The zero-order valence-electron chi connectivity index (χ0n) is 14.5. The molecule has 7 heteroatoms. The van der Waals surface area contributed by atoms with Gasteiger partial charge in [-0.05, 0) is 32.6 Å². The minimum Gasteiger partial charge on any atom is -0.466 e. The number of hydrogen-bond donors (Lipinski definition) is 1. The molecule has 1 heterocycles. The van der Waals surface area contributed by atoms with E-state index in [2.05, 4.69) is 17.2 Å². The lowest BCUT2D eigenvalue weighted by atomic mass is 9.86. The van der Waals surface area contributed by atoms with Gasteiger partial charge >= 0.3 is 5.97 Å². The molecule has 3 atom stereocenters. The quantitative estimate of drug-likeness (QED) is 0.588. The second kappa shape index (κ2) is 9.42. The van der Waals surface area contributed by atoms with E-state index in [1.165, 1.54) is 42.4 Å². The van der Waals surface area contributed by atoms with Gasteiger partial charge < -0.3 is 10.1 Å².